The van der Waals surface area contributed by atoms with Crippen molar-refractivity contribution in [2.24, 2.45) is 0 Å². The summed E-state index contributed by atoms with van der Waals surface area (Å²) >= 11 is 1.43. The van der Waals surface area contributed by atoms with Gasteiger partial charge in [-0.15, -0.1) is 11.3 Å². The molecule has 0 unspecified atom stereocenters. The summed E-state index contributed by atoms with van der Waals surface area (Å²) in [4.78, 5) is 29.6. The molecular weight excluding hydrogens is 279 g/mol. The van der Waals surface area contributed by atoms with Gasteiger partial charge < -0.3 is 9.31 Å². The molecule has 0 N–H and O–H groups in total. The standard InChI is InChI=1S/C12H15BN2O4S/c1-7-14-11(8-3-4-8)12(20-7)13-18-9(16)5-15(2)6-10(17)19-13/h8H,3-6H2,1-2H3. The maximum absolute atomic E-state index is 11.8. The number of aryl methyl sites for hydroxylation is 1. The molecule has 3 rings (SSSR count). The van der Waals surface area contributed by atoms with Crippen LogP contribution in [0.15, 0.2) is 0 Å². The molecule has 0 atom stereocenters. The minimum atomic E-state index is -0.939. The molecule has 8 heteroatoms. The average molecular weight is 294 g/mol. The van der Waals surface area contributed by atoms with Gasteiger partial charge in [-0.2, -0.15) is 0 Å². The largest absolute Gasteiger partial charge is 0.649 e. The summed E-state index contributed by atoms with van der Waals surface area (Å²) in [6.45, 7) is 2.07. The Kier molecular flexibility index (Phi) is 3.51. The summed E-state index contributed by atoms with van der Waals surface area (Å²) in [6.07, 6.45) is 2.18. The highest BCUT2D eigenvalue weighted by Gasteiger charge is 2.41. The molecular formula is C12H15BN2O4S. The van der Waals surface area contributed by atoms with Crippen molar-refractivity contribution in [3.63, 3.8) is 0 Å². The lowest BCUT2D eigenvalue weighted by Gasteiger charge is -2.22. The molecule has 6 nitrogen and oxygen atoms in total. The van der Waals surface area contributed by atoms with Crippen molar-refractivity contribution in [2.45, 2.75) is 25.7 Å². The van der Waals surface area contributed by atoms with Crippen LogP contribution in [-0.2, 0) is 18.9 Å². The van der Waals surface area contributed by atoms with Crippen LogP contribution in [-0.4, -0.2) is 49.1 Å². The van der Waals surface area contributed by atoms with E-state index in [0.29, 0.717) is 5.92 Å². The van der Waals surface area contributed by atoms with E-state index in [1.807, 2.05) is 6.92 Å². The van der Waals surface area contributed by atoms with Gasteiger partial charge in [0.1, 0.15) is 0 Å². The third kappa shape index (κ3) is 2.86. The van der Waals surface area contributed by atoms with Gasteiger partial charge in [0, 0.05) is 5.92 Å². The van der Waals surface area contributed by atoms with Gasteiger partial charge in [-0.3, -0.25) is 14.5 Å². The second-order valence-corrected chi connectivity index (χ2v) is 6.48. The number of carbonyl (C=O) groups excluding carboxylic acids is 2. The molecule has 1 saturated carbocycles. The highest BCUT2D eigenvalue weighted by atomic mass is 32.1. The SMILES string of the molecule is Cc1nc(C2CC2)c(B2OC(=O)CN(C)CC(=O)O2)s1. The fraction of sp³-hybridized carbons (Fsp3) is 0.583. The Morgan fingerprint density at radius 1 is 1.25 bits per heavy atom. The lowest BCUT2D eigenvalue weighted by Crippen LogP contribution is -2.47. The molecule has 0 spiro atoms. The van der Waals surface area contributed by atoms with Crippen molar-refractivity contribution in [2.75, 3.05) is 20.1 Å². The van der Waals surface area contributed by atoms with Crippen molar-refractivity contribution in [3.05, 3.63) is 10.7 Å². The molecule has 1 aliphatic carbocycles. The molecule has 2 aliphatic rings. The molecule has 1 aliphatic heterocycles. The zero-order valence-corrected chi connectivity index (χ0v) is 12.2. The van der Waals surface area contributed by atoms with Crippen molar-refractivity contribution in [3.8, 4) is 0 Å². The Bertz CT molecular complexity index is 538. The van der Waals surface area contributed by atoms with Crippen molar-refractivity contribution in [1.82, 2.24) is 9.88 Å². The highest BCUT2D eigenvalue weighted by molar-refractivity contribution is 7.22. The van der Waals surface area contributed by atoms with E-state index in [9.17, 15) is 9.59 Å². The highest BCUT2D eigenvalue weighted by Crippen LogP contribution is 2.39. The maximum atomic E-state index is 11.8. The number of nitrogens with zero attached hydrogens (tertiary/aromatic N) is 2. The molecule has 0 amide bonds. The summed E-state index contributed by atoms with van der Waals surface area (Å²) in [6, 6.07) is 0. The van der Waals surface area contributed by atoms with Gasteiger partial charge in [-0.1, -0.05) is 0 Å². The zero-order valence-electron chi connectivity index (χ0n) is 11.4. The monoisotopic (exact) mass is 294 g/mol. The van der Waals surface area contributed by atoms with Crippen molar-refractivity contribution in [1.29, 1.82) is 0 Å². The Hall–Kier alpha value is -1.41. The van der Waals surface area contributed by atoms with Crippen LogP contribution in [0.5, 0.6) is 0 Å². The van der Waals surface area contributed by atoms with E-state index in [-0.39, 0.29) is 13.1 Å². The molecule has 0 bridgehead atoms. The topological polar surface area (TPSA) is 68.7 Å². The molecule has 1 aromatic rings. The van der Waals surface area contributed by atoms with Crippen LogP contribution in [0.3, 0.4) is 0 Å². The summed E-state index contributed by atoms with van der Waals surface area (Å²) in [5, 5.41) is 0.896. The van der Waals surface area contributed by atoms with Gasteiger partial charge in [0.2, 0.25) is 0 Å². The van der Waals surface area contributed by atoms with Crippen LogP contribution in [0.1, 0.15) is 29.5 Å². The van der Waals surface area contributed by atoms with E-state index in [4.69, 9.17) is 9.31 Å². The van der Waals surface area contributed by atoms with Gasteiger partial charge in [0.25, 0.3) is 0 Å². The Morgan fingerprint density at radius 2 is 1.85 bits per heavy atom. The van der Waals surface area contributed by atoms with E-state index in [0.717, 1.165) is 28.3 Å². The molecule has 0 aromatic carbocycles. The molecule has 2 fully saturated rings. The van der Waals surface area contributed by atoms with E-state index in [1.54, 1.807) is 11.9 Å². The molecule has 1 saturated heterocycles. The van der Waals surface area contributed by atoms with Gasteiger partial charge in [-0.05, 0) is 26.8 Å². The predicted octanol–water partition coefficient (Wildman–Crippen LogP) is 0.0559. The van der Waals surface area contributed by atoms with Crippen LogP contribution in [0.4, 0.5) is 0 Å². The molecule has 20 heavy (non-hydrogen) atoms. The third-order valence-corrected chi connectivity index (χ3v) is 4.25. The number of carbonyl (C=O) groups is 2. The number of hydrogen-bond acceptors (Lipinski definition) is 7. The Labute approximate surface area is 121 Å². The van der Waals surface area contributed by atoms with E-state index >= 15 is 0 Å². The first-order valence-electron chi connectivity index (χ1n) is 6.57. The average Bonchev–Trinajstić information content (AvgIpc) is 3.09. The fourth-order valence-electron chi connectivity index (χ4n) is 2.22. The molecule has 106 valence electrons. The zero-order chi connectivity index (χ0) is 14.3. The Balaban J connectivity index is 1.87. The minimum absolute atomic E-state index is 0.0855. The van der Waals surface area contributed by atoms with Crippen LogP contribution in [0.25, 0.3) is 0 Å². The van der Waals surface area contributed by atoms with Gasteiger partial charge >= 0.3 is 19.1 Å². The number of hydrogen-bond donors (Lipinski definition) is 0. The van der Waals surface area contributed by atoms with E-state index in [2.05, 4.69) is 4.98 Å². The summed E-state index contributed by atoms with van der Waals surface area (Å²) in [5.41, 5.74) is 0.923. The van der Waals surface area contributed by atoms with Crippen molar-refractivity contribution < 1.29 is 18.9 Å². The second-order valence-electron chi connectivity index (χ2n) is 5.24. The lowest BCUT2D eigenvalue weighted by atomic mass is 9.84. The third-order valence-electron chi connectivity index (χ3n) is 3.24. The van der Waals surface area contributed by atoms with Crippen LogP contribution >= 0.6 is 11.3 Å². The maximum Gasteiger partial charge on any atom is 0.649 e. The Morgan fingerprint density at radius 3 is 2.40 bits per heavy atom. The molecule has 2 heterocycles. The first-order valence-corrected chi connectivity index (χ1v) is 7.39. The first-order chi connectivity index (χ1) is 9.52. The number of likely N-dealkylation sites (N-methyl/N-ethyl adjacent to an activating group) is 1. The predicted molar refractivity (Wildman–Crippen MR) is 73.9 cm³/mol. The quantitative estimate of drug-likeness (QED) is 0.718. The van der Waals surface area contributed by atoms with Crippen LogP contribution in [0, 0.1) is 6.92 Å². The summed E-state index contributed by atoms with van der Waals surface area (Å²) in [7, 11) is 0.737. The van der Waals surface area contributed by atoms with E-state index < -0.39 is 19.1 Å². The second kappa shape index (κ2) is 5.18. The summed E-state index contributed by atoms with van der Waals surface area (Å²) in [5.74, 6) is -0.365. The fourth-order valence-corrected chi connectivity index (χ4v) is 3.19. The van der Waals surface area contributed by atoms with Gasteiger partial charge in [-0.25, -0.2) is 4.98 Å². The molecule has 0 radical (unpaired) electrons. The van der Waals surface area contributed by atoms with Gasteiger partial charge in [0.15, 0.2) is 0 Å². The number of thiazole rings is 1. The van der Waals surface area contributed by atoms with Gasteiger partial charge in [0.05, 0.1) is 28.6 Å². The normalized spacial score (nSPS) is 21.2. The minimum Gasteiger partial charge on any atom is -0.494 e. The smallest absolute Gasteiger partial charge is 0.494 e. The summed E-state index contributed by atoms with van der Waals surface area (Å²) < 4.78 is 11.4. The number of aromatic nitrogens is 1. The van der Waals surface area contributed by atoms with E-state index in [1.165, 1.54) is 11.3 Å². The molecule has 1 aromatic heterocycles. The lowest BCUT2D eigenvalue weighted by molar-refractivity contribution is -0.145. The van der Waals surface area contributed by atoms with Crippen LogP contribution in [0.2, 0.25) is 0 Å². The van der Waals surface area contributed by atoms with Crippen LogP contribution < -0.4 is 4.78 Å². The first kappa shape index (κ1) is 13.6. The number of rotatable bonds is 2. The van der Waals surface area contributed by atoms with Crippen molar-refractivity contribution >= 4 is 35.2 Å².